The van der Waals surface area contributed by atoms with Crippen LogP contribution in [0.2, 0.25) is 0 Å². The van der Waals surface area contributed by atoms with E-state index >= 15 is 0 Å². The number of nitrogens with two attached hydrogens (primary N) is 1. The zero-order chi connectivity index (χ0) is 10.7. The highest BCUT2D eigenvalue weighted by Gasteiger charge is 2.10. The molecule has 0 aliphatic carbocycles. The molecule has 14 heavy (non-hydrogen) atoms. The van der Waals surface area contributed by atoms with Crippen LogP contribution < -0.4 is 10.5 Å². The number of halogens is 1. The monoisotopic (exact) mass is 257 g/mol. The zero-order valence-corrected chi connectivity index (χ0v) is 9.67. The Balaban J connectivity index is 3.09. The Bertz CT molecular complexity index is 350. The van der Waals surface area contributed by atoms with Gasteiger partial charge in [-0.1, -0.05) is 15.9 Å². The van der Waals surface area contributed by atoms with Crippen LogP contribution in [0.4, 0.5) is 0 Å². The second-order valence-corrected chi connectivity index (χ2v) is 4.09. The predicted octanol–water partition coefficient (Wildman–Crippen LogP) is 2.34. The van der Waals surface area contributed by atoms with E-state index in [-0.39, 0.29) is 6.10 Å². The second kappa shape index (κ2) is 4.46. The standard InChI is InChI=1S/C10H12BrNO2/c1-6(2)14-9-5-7(11)3-4-8(9)10(12)13/h3-6H,1-2H3,(H2,12,13). The highest BCUT2D eigenvalue weighted by atomic mass is 79.9. The smallest absolute Gasteiger partial charge is 0.252 e. The van der Waals surface area contributed by atoms with Crippen molar-refractivity contribution in [3.05, 3.63) is 28.2 Å². The number of carbonyl (C=O) groups excluding carboxylic acids is 1. The summed E-state index contributed by atoms with van der Waals surface area (Å²) in [5.41, 5.74) is 5.61. The molecule has 3 nitrogen and oxygen atoms in total. The lowest BCUT2D eigenvalue weighted by Crippen LogP contribution is -2.15. The molecule has 0 aliphatic heterocycles. The van der Waals surface area contributed by atoms with Crippen molar-refractivity contribution in [1.29, 1.82) is 0 Å². The highest BCUT2D eigenvalue weighted by molar-refractivity contribution is 9.10. The van der Waals surface area contributed by atoms with E-state index in [9.17, 15) is 4.79 Å². The number of benzene rings is 1. The molecule has 0 fully saturated rings. The van der Waals surface area contributed by atoms with E-state index in [0.717, 1.165) is 4.47 Å². The summed E-state index contributed by atoms with van der Waals surface area (Å²) in [7, 11) is 0. The number of rotatable bonds is 3. The van der Waals surface area contributed by atoms with Crippen LogP contribution in [-0.4, -0.2) is 12.0 Å². The average Bonchev–Trinajstić information content (AvgIpc) is 2.01. The zero-order valence-electron chi connectivity index (χ0n) is 8.08. The third-order valence-electron chi connectivity index (χ3n) is 1.57. The Hall–Kier alpha value is -1.03. The van der Waals surface area contributed by atoms with Crippen LogP contribution in [0.25, 0.3) is 0 Å². The predicted molar refractivity (Wildman–Crippen MR) is 58.4 cm³/mol. The van der Waals surface area contributed by atoms with E-state index in [1.54, 1.807) is 18.2 Å². The molecule has 76 valence electrons. The molecule has 4 heteroatoms. The van der Waals surface area contributed by atoms with E-state index in [4.69, 9.17) is 10.5 Å². The number of hydrogen-bond donors (Lipinski definition) is 1. The molecule has 0 spiro atoms. The molecule has 0 saturated heterocycles. The summed E-state index contributed by atoms with van der Waals surface area (Å²) >= 11 is 3.30. The summed E-state index contributed by atoms with van der Waals surface area (Å²) in [5, 5.41) is 0. The maximum absolute atomic E-state index is 11.0. The van der Waals surface area contributed by atoms with E-state index in [0.29, 0.717) is 11.3 Å². The van der Waals surface area contributed by atoms with Crippen molar-refractivity contribution >= 4 is 21.8 Å². The van der Waals surface area contributed by atoms with E-state index in [1.807, 2.05) is 13.8 Å². The molecule has 0 heterocycles. The Morgan fingerprint density at radius 2 is 2.14 bits per heavy atom. The van der Waals surface area contributed by atoms with Crippen LogP contribution >= 0.6 is 15.9 Å². The van der Waals surface area contributed by atoms with Gasteiger partial charge in [-0.3, -0.25) is 4.79 Å². The van der Waals surface area contributed by atoms with Crippen molar-refractivity contribution in [1.82, 2.24) is 0 Å². The molecule has 0 bridgehead atoms. The molecule has 0 atom stereocenters. The van der Waals surface area contributed by atoms with Gasteiger partial charge in [-0.25, -0.2) is 0 Å². The largest absolute Gasteiger partial charge is 0.490 e. The summed E-state index contributed by atoms with van der Waals surface area (Å²) in [6.45, 7) is 3.79. The van der Waals surface area contributed by atoms with Crippen LogP contribution in [0.5, 0.6) is 5.75 Å². The average molecular weight is 258 g/mol. The third-order valence-corrected chi connectivity index (χ3v) is 2.07. The van der Waals surface area contributed by atoms with E-state index in [2.05, 4.69) is 15.9 Å². The maximum atomic E-state index is 11.0. The molecule has 1 aromatic rings. The first-order valence-corrected chi connectivity index (χ1v) is 5.06. The van der Waals surface area contributed by atoms with Crippen LogP contribution in [-0.2, 0) is 0 Å². The van der Waals surface area contributed by atoms with Crippen molar-refractivity contribution in [3.63, 3.8) is 0 Å². The molecule has 0 saturated carbocycles. The number of amides is 1. The number of ether oxygens (including phenoxy) is 1. The quantitative estimate of drug-likeness (QED) is 0.904. The van der Waals surface area contributed by atoms with Gasteiger partial charge >= 0.3 is 0 Å². The van der Waals surface area contributed by atoms with Gasteiger partial charge in [0.15, 0.2) is 0 Å². The SMILES string of the molecule is CC(C)Oc1cc(Br)ccc1C(N)=O. The van der Waals surface area contributed by atoms with Crippen molar-refractivity contribution in [2.75, 3.05) is 0 Å². The fourth-order valence-electron chi connectivity index (χ4n) is 1.05. The fraction of sp³-hybridized carbons (Fsp3) is 0.300. The molecule has 0 radical (unpaired) electrons. The summed E-state index contributed by atoms with van der Waals surface area (Å²) in [6.07, 6.45) is 0.0161. The van der Waals surface area contributed by atoms with Crippen LogP contribution in [0, 0.1) is 0 Å². The molecular formula is C10H12BrNO2. The Labute approximate surface area is 91.4 Å². The molecule has 0 aromatic heterocycles. The van der Waals surface area contributed by atoms with Gasteiger partial charge in [-0.15, -0.1) is 0 Å². The first-order chi connectivity index (χ1) is 6.50. The molecule has 0 unspecified atom stereocenters. The van der Waals surface area contributed by atoms with Gasteiger partial charge in [-0.05, 0) is 32.0 Å². The lowest BCUT2D eigenvalue weighted by molar-refractivity contribution is 0.0994. The van der Waals surface area contributed by atoms with E-state index in [1.165, 1.54) is 0 Å². The van der Waals surface area contributed by atoms with Gasteiger partial charge in [-0.2, -0.15) is 0 Å². The molecular weight excluding hydrogens is 246 g/mol. The van der Waals surface area contributed by atoms with Crippen molar-refractivity contribution < 1.29 is 9.53 Å². The lowest BCUT2D eigenvalue weighted by atomic mass is 10.2. The lowest BCUT2D eigenvalue weighted by Gasteiger charge is -2.12. The molecule has 2 N–H and O–H groups in total. The summed E-state index contributed by atoms with van der Waals surface area (Å²) in [5.74, 6) is 0.0371. The maximum Gasteiger partial charge on any atom is 0.252 e. The number of carbonyl (C=O) groups is 1. The Kier molecular flexibility index (Phi) is 3.52. The molecule has 1 aromatic carbocycles. The molecule has 1 rings (SSSR count). The van der Waals surface area contributed by atoms with Crippen molar-refractivity contribution in [3.8, 4) is 5.75 Å². The van der Waals surface area contributed by atoms with Crippen LogP contribution in [0.3, 0.4) is 0 Å². The van der Waals surface area contributed by atoms with Crippen molar-refractivity contribution in [2.24, 2.45) is 5.73 Å². The summed E-state index contributed by atoms with van der Waals surface area (Å²) in [6, 6.07) is 5.14. The van der Waals surface area contributed by atoms with Crippen LogP contribution in [0.1, 0.15) is 24.2 Å². The van der Waals surface area contributed by atoms with Crippen molar-refractivity contribution in [2.45, 2.75) is 20.0 Å². The van der Waals surface area contributed by atoms with Gasteiger partial charge in [0.2, 0.25) is 0 Å². The minimum Gasteiger partial charge on any atom is -0.490 e. The highest BCUT2D eigenvalue weighted by Crippen LogP contribution is 2.24. The summed E-state index contributed by atoms with van der Waals surface area (Å²) < 4.78 is 6.32. The second-order valence-electron chi connectivity index (χ2n) is 3.17. The number of hydrogen-bond acceptors (Lipinski definition) is 2. The van der Waals surface area contributed by atoms with Gasteiger partial charge < -0.3 is 10.5 Å². The Morgan fingerprint density at radius 3 is 2.64 bits per heavy atom. The minimum atomic E-state index is -0.479. The summed E-state index contributed by atoms with van der Waals surface area (Å²) in [4.78, 5) is 11.0. The minimum absolute atomic E-state index is 0.0161. The van der Waals surface area contributed by atoms with E-state index < -0.39 is 5.91 Å². The van der Waals surface area contributed by atoms with Gasteiger partial charge in [0, 0.05) is 4.47 Å². The third kappa shape index (κ3) is 2.73. The van der Waals surface area contributed by atoms with Gasteiger partial charge in [0.05, 0.1) is 11.7 Å². The normalized spacial score (nSPS) is 10.3. The Morgan fingerprint density at radius 1 is 1.50 bits per heavy atom. The number of primary amides is 1. The molecule has 0 aliphatic rings. The topological polar surface area (TPSA) is 52.3 Å². The first kappa shape index (κ1) is 11.0. The van der Waals surface area contributed by atoms with Crippen LogP contribution in [0.15, 0.2) is 22.7 Å². The first-order valence-electron chi connectivity index (χ1n) is 4.26. The fourth-order valence-corrected chi connectivity index (χ4v) is 1.39. The van der Waals surface area contributed by atoms with Gasteiger partial charge in [0.1, 0.15) is 5.75 Å². The molecule has 1 amide bonds. The van der Waals surface area contributed by atoms with Gasteiger partial charge in [0.25, 0.3) is 5.91 Å².